The van der Waals surface area contributed by atoms with Crippen LogP contribution in [0.15, 0.2) is 0 Å². The van der Waals surface area contributed by atoms with E-state index in [1.807, 2.05) is 6.92 Å². The Kier molecular flexibility index (Phi) is 3.33. The summed E-state index contributed by atoms with van der Waals surface area (Å²) in [5, 5.41) is 9.96. The van der Waals surface area contributed by atoms with Gasteiger partial charge in [-0.15, -0.1) is 0 Å². The molecule has 8 atom stereocenters. The van der Waals surface area contributed by atoms with E-state index in [9.17, 15) is 19.1 Å². The number of hydrogen-bond acceptors (Lipinski definition) is 3. The fraction of sp³-hybridized carbons (Fsp3) is 0.895. The topological polar surface area (TPSA) is 54.4 Å². The van der Waals surface area contributed by atoms with E-state index in [0.29, 0.717) is 25.7 Å². The monoisotopic (exact) mass is 322 g/mol. The molecule has 0 radical (unpaired) electrons. The maximum absolute atomic E-state index is 14.1. The molecule has 0 spiro atoms. The number of carbonyl (C=O) groups excluding carboxylic acids is 2. The first kappa shape index (κ1) is 15.7. The fourth-order valence-electron chi connectivity index (χ4n) is 6.74. The summed E-state index contributed by atoms with van der Waals surface area (Å²) < 4.78 is 14.1. The third-order valence-electron chi connectivity index (χ3n) is 8.00. The number of aliphatic hydroxyl groups is 1. The molecule has 0 heterocycles. The molecule has 0 aromatic heterocycles. The van der Waals surface area contributed by atoms with Crippen molar-refractivity contribution in [1.29, 1.82) is 0 Å². The minimum absolute atomic E-state index is 0.0283. The Morgan fingerprint density at radius 2 is 1.87 bits per heavy atom. The lowest BCUT2D eigenvalue weighted by molar-refractivity contribution is -0.168. The van der Waals surface area contributed by atoms with Crippen molar-refractivity contribution in [2.24, 2.45) is 34.5 Å². The van der Waals surface area contributed by atoms with Gasteiger partial charge in [0.25, 0.3) is 0 Å². The zero-order chi connectivity index (χ0) is 16.6. The van der Waals surface area contributed by atoms with Gasteiger partial charge in [0.2, 0.25) is 0 Å². The van der Waals surface area contributed by atoms with Gasteiger partial charge in [-0.2, -0.15) is 0 Å². The first-order chi connectivity index (χ1) is 10.8. The second-order valence-corrected chi connectivity index (χ2v) is 9.14. The number of ketones is 2. The lowest BCUT2D eigenvalue weighted by Crippen LogP contribution is -2.60. The SMILES string of the molecule is C[C@]12CC[C@@H]3[C@@H](C(=O)CC4CC(O)CC(=O)[C@@]43C)[C@@H]1CC(F)C2. The predicted octanol–water partition coefficient (Wildman–Crippen LogP) is 3.09. The summed E-state index contributed by atoms with van der Waals surface area (Å²) in [6.07, 6.45) is 2.61. The summed E-state index contributed by atoms with van der Waals surface area (Å²) in [4.78, 5) is 25.7. The second kappa shape index (κ2) is 4.87. The Balaban J connectivity index is 1.73. The van der Waals surface area contributed by atoms with Crippen LogP contribution in [0.25, 0.3) is 0 Å². The van der Waals surface area contributed by atoms with Crippen LogP contribution in [-0.4, -0.2) is 28.9 Å². The number of hydrogen-bond donors (Lipinski definition) is 1. The van der Waals surface area contributed by atoms with E-state index < -0.39 is 17.7 Å². The van der Waals surface area contributed by atoms with Crippen molar-refractivity contribution < 1.29 is 19.1 Å². The molecule has 4 rings (SSSR count). The number of aliphatic hydroxyl groups excluding tert-OH is 1. The molecule has 128 valence electrons. The van der Waals surface area contributed by atoms with Crippen molar-refractivity contribution in [3.63, 3.8) is 0 Å². The van der Waals surface area contributed by atoms with E-state index in [1.165, 1.54) is 0 Å². The number of rotatable bonds is 0. The van der Waals surface area contributed by atoms with Crippen LogP contribution in [-0.2, 0) is 9.59 Å². The third kappa shape index (κ3) is 2.03. The summed E-state index contributed by atoms with van der Waals surface area (Å²) in [5.74, 6) is 0.333. The van der Waals surface area contributed by atoms with Crippen LogP contribution < -0.4 is 0 Å². The third-order valence-corrected chi connectivity index (χ3v) is 8.00. The molecule has 0 aromatic carbocycles. The normalized spacial score (nSPS) is 56.0. The predicted molar refractivity (Wildman–Crippen MR) is 83.4 cm³/mol. The van der Waals surface area contributed by atoms with Crippen molar-refractivity contribution in [3.8, 4) is 0 Å². The highest BCUT2D eigenvalue weighted by molar-refractivity contribution is 5.92. The van der Waals surface area contributed by atoms with Crippen molar-refractivity contribution in [2.45, 2.75) is 71.1 Å². The molecular formula is C19H27FO3. The van der Waals surface area contributed by atoms with Gasteiger partial charge < -0.3 is 5.11 Å². The number of fused-ring (bicyclic) bond motifs is 5. The van der Waals surface area contributed by atoms with E-state index in [4.69, 9.17) is 0 Å². The standard InChI is InChI=1S/C19H27FO3/c1-18-4-3-13-17(14(18)7-11(20)9-18)15(22)6-10-5-12(21)8-16(23)19(10,13)2/h10-14,17,21H,3-9H2,1-2H3/t10?,11?,12?,13-,14+,17-,18-,19+/m1/s1. The Labute approximate surface area is 137 Å². The molecule has 0 saturated heterocycles. The fourth-order valence-corrected chi connectivity index (χ4v) is 6.74. The van der Waals surface area contributed by atoms with Crippen LogP contribution >= 0.6 is 0 Å². The van der Waals surface area contributed by atoms with Gasteiger partial charge in [0, 0.05) is 24.2 Å². The first-order valence-electron chi connectivity index (χ1n) is 9.14. The van der Waals surface area contributed by atoms with Crippen LogP contribution in [0.4, 0.5) is 4.39 Å². The largest absolute Gasteiger partial charge is 0.393 e. The quantitative estimate of drug-likeness (QED) is 0.745. The molecule has 4 aliphatic carbocycles. The molecule has 3 unspecified atom stereocenters. The molecule has 3 nitrogen and oxygen atoms in total. The maximum Gasteiger partial charge on any atom is 0.141 e. The Morgan fingerprint density at radius 3 is 2.61 bits per heavy atom. The Morgan fingerprint density at radius 1 is 1.13 bits per heavy atom. The van der Waals surface area contributed by atoms with Gasteiger partial charge in [-0.3, -0.25) is 9.59 Å². The van der Waals surface area contributed by atoms with Crippen LogP contribution in [0.3, 0.4) is 0 Å². The zero-order valence-corrected chi connectivity index (χ0v) is 14.1. The molecule has 1 N–H and O–H groups in total. The van der Waals surface area contributed by atoms with E-state index in [2.05, 4.69) is 6.92 Å². The highest BCUT2D eigenvalue weighted by Crippen LogP contribution is 2.64. The van der Waals surface area contributed by atoms with Crippen LogP contribution in [0, 0.1) is 34.5 Å². The van der Waals surface area contributed by atoms with E-state index in [1.54, 1.807) is 0 Å². The molecular weight excluding hydrogens is 295 g/mol. The highest BCUT2D eigenvalue weighted by Gasteiger charge is 2.64. The molecule has 0 amide bonds. The summed E-state index contributed by atoms with van der Waals surface area (Å²) in [6.45, 7) is 4.17. The van der Waals surface area contributed by atoms with Crippen molar-refractivity contribution in [3.05, 3.63) is 0 Å². The van der Waals surface area contributed by atoms with Gasteiger partial charge in [0.05, 0.1) is 6.10 Å². The lowest BCUT2D eigenvalue weighted by atomic mass is 9.44. The van der Waals surface area contributed by atoms with Gasteiger partial charge in [-0.05, 0) is 55.3 Å². The van der Waals surface area contributed by atoms with E-state index in [-0.39, 0.29) is 47.1 Å². The first-order valence-corrected chi connectivity index (χ1v) is 9.14. The van der Waals surface area contributed by atoms with Crippen LogP contribution in [0.5, 0.6) is 0 Å². The summed E-state index contributed by atoms with van der Waals surface area (Å²) in [6, 6.07) is 0. The summed E-state index contributed by atoms with van der Waals surface area (Å²) in [5.41, 5.74) is -0.565. The maximum atomic E-state index is 14.1. The molecule has 4 heteroatoms. The van der Waals surface area contributed by atoms with E-state index >= 15 is 0 Å². The lowest BCUT2D eigenvalue weighted by Gasteiger charge is -2.58. The van der Waals surface area contributed by atoms with Gasteiger partial charge in [-0.25, -0.2) is 4.39 Å². The van der Waals surface area contributed by atoms with Crippen molar-refractivity contribution in [1.82, 2.24) is 0 Å². The molecule has 0 bridgehead atoms. The Hall–Kier alpha value is -0.770. The van der Waals surface area contributed by atoms with Gasteiger partial charge in [0.1, 0.15) is 17.7 Å². The van der Waals surface area contributed by atoms with E-state index in [0.717, 1.165) is 12.8 Å². The summed E-state index contributed by atoms with van der Waals surface area (Å²) >= 11 is 0. The molecule has 0 aliphatic heterocycles. The zero-order valence-electron chi connectivity index (χ0n) is 14.1. The van der Waals surface area contributed by atoms with Gasteiger partial charge in [-0.1, -0.05) is 13.8 Å². The number of carbonyl (C=O) groups is 2. The minimum Gasteiger partial charge on any atom is -0.393 e. The second-order valence-electron chi connectivity index (χ2n) is 9.14. The number of Topliss-reactive ketones (excluding diaryl/α,β-unsaturated/α-hetero) is 2. The summed E-state index contributed by atoms with van der Waals surface area (Å²) in [7, 11) is 0. The Bertz CT molecular complexity index is 561. The van der Waals surface area contributed by atoms with Gasteiger partial charge >= 0.3 is 0 Å². The highest BCUT2D eigenvalue weighted by atomic mass is 19.1. The molecule has 0 aromatic rings. The molecule has 4 saturated carbocycles. The molecule has 23 heavy (non-hydrogen) atoms. The van der Waals surface area contributed by atoms with Crippen molar-refractivity contribution in [2.75, 3.05) is 0 Å². The number of halogens is 1. The molecule has 4 aliphatic rings. The number of alkyl halides is 1. The average molecular weight is 322 g/mol. The average Bonchev–Trinajstić information content (AvgIpc) is 2.76. The minimum atomic E-state index is -0.800. The van der Waals surface area contributed by atoms with Crippen LogP contribution in [0.2, 0.25) is 0 Å². The smallest absolute Gasteiger partial charge is 0.141 e. The van der Waals surface area contributed by atoms with Gasteiger partial charge in [0.15, 0.2) is 0 Å². The van der Waals surface area contributed by atoms with Crippen molar-refractivity contribution >= 4 is 11.6 Å². The van der Waals surface area contributed by atoms with Crippen LogP contribution in [0.1, 0.15) is 58.8 Å². The molecule has 4 fully saturated rings.